The van der Waals surface area contributed by atoms with Gasteiger partial charge in [-0.15, -0.1) is 0 Å². The molecule has 4 nitrogen and oxygen atoms in total. The number of sulfonamides is 1. The zero-order valence-electron chi connectivity index (χ0n) is 10.9. The number of methoxy groups -OCH3 is 1. The summed E-state index contributed by atoms with van der Waals surface area (Å²) in [7, 11) is -2.14. The molecule has 0 saturated carbocycles. The topological polar surface area (TPSA) is 46.6 Å². The minimum Gasteiger partial charge on any atom is -0.384 e. The van der Waals surface area contributed by atoms with Gasteiger partial charge in [0.05, 0.1) is 6.61 Å². The SMILES string of the molecule is COCC1CCCN(S(=O)(=O)c2ccccc2F)C1. The Morgan fingerprint density at radius 2 is 2.16 bits per heavy atom. The highest BCUT2D eigenvalue weighted by Gasteiger charge is 2.31. The van der Waals surface area contributed by atoms with Crippen molar-refractivity contribution >= 4 is 10.0 Å². The first-order valence-electron chi connectivity index (χ1n) is 6.29. The second-order valence-corrected chi connectivity index (χ2v) is 6.66. The fraction of sp³-hybridized carbons (Fsp3) is 0.538. The molecule has 1 aliphatic rings. The van der Waals surface area contributed by atoms with Crippen molar-refractivity contribution in [3.63, 3.8) is 0 Å². The van der Waals surface area contributed by atoms with Gasteiger partial charge < -0.3 is 4.74 Å². The van der Waals surface area contributed by atoms with Gasteiger partial charge in [-0.25, -0.2) is 12.8 Å². The lowest BCUT2D eigenvalue weighted by Gasteiger charge is -2.31. The van der Waals surface area contributed by atoms with Crippen LogP contribution in [0.1, 0.15) is 12.8 Å². The van der Waals surface area contributed by atoms with E-state index in [9.17, 15) is 12.8 Å². The summed E-state index contributed by atoms with van der Waals surface area (Å²) < 4.78 is 44.9. The third-order valence-electron chi connectivity index (χ3n) is 3.34. The minimum absolute atomic E-state index is 0.181. The number of piperidine rings is 1. The molecule has 6 heteroatoms. The van der Waals surface area contributed by atoms with Crippen LogP contribution in [0.4, 0.5) is 4.39 Å². The summed E-state index contributed by atoms with van der Waals surface area (Å²) in [6.45, 7) is 1.37. The fourth-order valence-corrected chi connectivity index (χ4v) is 4.03. The Bertz CT molecular complexity index is 530. The molecule has 0 aromatic heterocycles. The summed E-state index contributed by atoms with van der Waals surface area (Å²) >= 11 is 0. The van der Waals surface area contributed by atoms with Crippen molar-refractivity contribution in [3.8, 4) is 0 Å². The lowest BCUT2D eigenvalue weighted by Crippen LogP contribution is -2.41. The zero-order valence-corrected chi connectivity index (χ0v) is 11.7. The Hall–Kier alpha value is -0.980. The predicted molar refractivity (Wildman–Crippen MR) is 69.8 cm³/mol. The van der Waals surface area contributed by atoms with Crippen LogP contribution in [0.15, 0.2) is 29.2 Å². The molecule has 0 N–H and O–H groups in total. The van der Waals surface area contributed by atoms with Crippen LogP contribution < -0.4 is 0 Å². The first-order chi connectivity index (χ1) is 9.05. The smallest absolute Gasteiger partial charge is 0.245 e. The van der Waals surface area contributed by atoms with Gasteiger partial charge in [-0.2, -0.15) is 4.31 Å². The zero-order chi connectivity index (χ0) is 13.9. The number of hydrogen-bond donors (Lipinski definition) is 0. The van der Waals surface area contributed by atoms with E-state index >= 15 is 0 Å². The summed E-state index contributed by atoms with van der Waals surface area (Å²) in [4.78, 5) is -0.243. The quantitative estimate of drug-likeness (QED) is 0.849. The summed E-state index contributed by atoms with van der Waals surface area (Å²) in [5.41, 5.74) is 0. The van der Waals surface area contributed by atoms with Crippen molar-refractivity contribution in [1.82, 2.24) is 4.31 Å². The van der Waals surface area contributed by atoms with Crippen LogP contribution in [-0.4, -0.2) is 39.5 Å². The molecule has 1 atom stereocenters. The van der Waals surface area contributed by atoms with E-state index in [1.165, 1.54) is 28.6 Å². The highest BCUT2D eigenvalue weighted by atomic mass is 32.2. The second kappa shape index (κ2) is 5.98. The van der Waals surface area contributed by atoms with Crippen LogP contribution in [0, 0.1) is 11.7 Å². The molecule has 1 fully saturated rings. The minimum atomic E-state index is -3.74. The summed E-state index contributed by atoms with van der Waals surface area (Å²) in [6, 6.07) is 5.50. The molecule has 1 heterocycles. The van der Waals surface area contributed by atoms with Gasteiger partial charge in [0.25, 0.3) is 0 Å². The van der Waals surface area contributed by atoms with Gasteiger partial charge in [0.15, 0.2) is 0 Å². The normalized spacial score (nSPS) is 21.5. The van der Waals surface area contributed by atoms with Crippen LogP contribution in [0.25, 0.3) is 0 Å². The molecule has 1 aromatic rings. The van der Waals surface area contributed by atoms with Gasteiger partial charge in [-0.05, 0) is 30.9 Å². The van der Waals surface area contributed by atoms with Crippen molar-refractivity contribution in [2.45, 2.75) is 17.7 Å². The molecule has 2 rings (SSSR count). The number of benzene rings is 1. The predicted octanol–water partition coefficient (Wildman–Crippen LogP) is 1.87. The number of ether oxygens (including phenoxy) is 1. The molecule has 19 heavy (non-hydrogen) atoms. The van der Waals surface area contributed by atoms with Crippen molar-refractivity contribution in [1.29, 1.82) is 0 Å². The van der Waals surface area contributed by atoms with Crippen molar-refractivity contribution in [2.24, 2.45) is 5.92 Å². The Morgan fingerprint density at radius 1 is 1.42 bits per heavy atom. The van der Waals surface area contributed by atoms with Gasteiger partial charge in [0, 0.05) is 20.2 Å². The lowest BCUT2D eigenvalue weighted by atomic mass is 10.0. The van der Waals surface area contributed by atoms with Crippen LogP contribution in [0.5, 0.6) is 0 Å². The third kappa shape index (κ3) is 3.13. The molecular weight excluding hydrogens is 269 g/mol. The largest absolute Gasteiger partial charge is 0.384 e. The van der Waals surface area contributed by atoms with Crippen LogP contribution in [0.3, 0.4) is 0 Å². The Kier molecular flexibility index (Phi) is 4.54. The van der Waals surface area contributed by atoms with E-state index in [1.54, 1.807) is 7.11 Å². The average Bonchev–Trinajstić information content (AvgIpc) is 2.40. The van der Waals surface area contributed by atoms with Crippen LogP contribution >= 0.6 is 0 Å². The van der Waals surface area contributed by atoms with E-state index in [4.69, 9.17) is 4.74 Å². The van der Waals surface area contributed by atoms with Gasteiger partial charge in [-0.3, -0.25) is 0 Å². The fourth-order valence-electron chi connectivity index (χ4n) is 2.41. The molecule has 1 saturated heterocycles. The van der Waals surface area contributed by atoms with Crippen molar-refractivity contribution in [3.05, 3.63) is 30.1 Å². The van der Waals surface area contributed by atoms with Crippen LogP contribution in [-0.2, 0) is 14.8 Å². The van der Waals surface area contributed by atoms with Crippen molar-refractivity contribution < 1.29 is 17.5 Å². The first kappa shape index (κ1) is 14.4. The first-order valence-corrected chi connectivity index (χ1v) is 7.73. The molecule has 0 bridgehead atoms. The highest BCUT2D eigenvalue weighted by molar-refractivity contribution is 7.89. The molecule has 0 spiro atoms. The Balaban J connectivity index is 2.22. The van der Waals surface area contributed by atoms with E-state index in [1.807, 2.05) is 0 Å². The van der Waals surface area contributed by atoms with E-state index in [0.29, 0.717) is 19.7 Å². The molecule has 0 aliphatic carbocycles. The van der Waals surface area contributed by atoms with Gasteiger partial charge in [0.2, 0.25) is 10.0 Å². The molecule has 0 radical (unpaired) electrons. The van der Waals surface area contributed by atoms with Gasteiger partial charge >= 0.3 is 0 Å². The van der Waals surface area contributed by atoms with E-state index < -0.39 is 15.8 Å². The second-order valence-electron chi connectivity index (χ2n) is 4.76. The summed E-state index contributed by atoms with van der Waals surface area (Å²) in [6.07, 6.45) is 1.72. The summed E-state index contributed by atoms with van der Waals surface area (Å²) in [5, 5.41) is 0. The average molecular weight is 287 g/mol. The Morgan fingerprint density at radius 3 is 2.84 bits per heavy atom. The molecule has 106 valence electrons. The van der Waals surface area contributed by atoms with Crippen molar-refractivity contribution in [2.75, 3.05) is 26.8 Å². The maximum atomic E-state index is 13.7. The van der Waals surface area contributed by atoms with Crippen LogP contribution in [0.2, 0.25) is 0 Å². The lowest BCUT2D eigenvalue weighted by molar-refractivity contribution is 0.118. The van der Waals surface area contributed by atoms with E-state index in [0.717, 1.165) is 12.8 Å². The number of rotatable bonds is 4. The van der Waals surface area contributed by atoms with Gasteiger partial charge in [-0.1, -0.05) is 12.1 Å². The Labute approximate surface area is 113 Å². The molecule has 0 amide bonds. The monoisotopic (exact) mass is 287 g/mol. The van der Waals surface area contributed by atoms with E-state index in [-0.39, 0.29) is 10.8 Å². The maximum Gasteiger partial charge on any atom is 0.245 e. The molecule has 1 aromatic carbocycles. The third-order valence-corrected chi connectivity index (χ3v) is 5.24. The highest BCUT2D eigenvalue weighted by Crippen LogP contribution is 2.25. The van der Waals surface area contributed by atoms with E-state index in [2.05, 4.69) is 0 Å². The maximum absolute atomic E-state index is 13.7. The molecule has 1 aliphatic heterocycles. The number of nitrogens with zero attached hydrogens (tertiary/aromatic N) is 1. The standard InChI is InChI=1S/C13H18FNO3S/c1-18-10-11-5-4-8-15(9-11)19(16,17)13-7-3-2-6-12(13)14/h2-3,6-7,11H,4-5,8-10H2,1H3. The van der Waals surface area contributed by atoms with Gasteiger partial charge in [0.1, 0.15) is 10.7 Å². The number of hydrogen-bond acceptors (Lipinski definition) is 3. The molecular formula is C13H18FNO3S. The molecule has 1 unspecified atom stereocenters. The number of halogens is 1. The summed E-state index contributed by atoms with van der Waals surface area (Å²) in [5.74, 6) is -0.517.